The van der Waals surface area contributed by atoms with E-state index in [4.69, 9.17) is 0 Å². The van der Waals surface area contributed by atoms with Crippen LogP contribution in [0, 0.1) is 0 Å². The number of hydrogen-bond donors (Lipinski definition) is 0. The molecule has 15 heavy (non-hydrogen) atoms. The zero-order valence-electron chi connectivity index (χ0n) is 8.61. The lowest BCUT2D eigenvalue weighted by Gasteiger charge is -2.04. The lowest BCUT2D eigenvalue weighted by Crippen LogP contribution is -1.84. The average molecular weight is 195 g/mol. The van der Waals surface area contributed by atoms with Gasteiger partial charge >= 0.3 is 0 Å². The highest BCUT2D eigenvalue weighted by molar-refractivity contribution is 5.64. The molecule has 74 valence electrons. The molecule has 0 aliphatic heterocycles. The molecule has 3 rings (SSSR count). The Morgan fingerprint density at radius 1 is 0.800 bits per heavy atom. The van der Waals surface area contributed by atoms with Gasteiger partial charge in [0.1, 0.15) is 0 Å². The lowest BCUT2D eigenvalue weighted by atomic mass is 10.0. The number of fused-ring (bicyclic) bond motifs is 1. The third kappa shape index (κ3) is 1.54. The van der Waals surface area contributed by atoms with Crippen molar-refractivity contribution in [1.29, 1.82) is 0 Å². The van der Waals surface area contributed by atoms with Gasteiger partial charge in [0, 0.05) is 12.4 Å². The van der Waals surface area contributed by atoms with Crippen LogP contribution in [-0.2, 0) is 12.8 Å². The zero-order chi connectivity index (χ0) is 10.1. The molecule has 0 radical (unpaired) electrons. The van der Waals surface area contributed by atoms with E-state index in [0.29, 0.717) is 0 Å². The minimum atomic E-state index is 1.24. The Morgan fingerprint density at radius 2 is 1.60 bits per heavy atom. The van der Waals surface area contributed by atoms with Crippen LogP contribution in [0.2, 0.25) is 0 Å². The van der Waals surface area contributed by atoms with Crippen LogP contribution >= 0.6 is 0 Å². The van der Waals surface area contributed by atoms with E-state index in [1.807, 2.05) is 12.4 Å². The Morgan fingerprint density at radius 3 is 2.47 bits per heavy atom. The van der Waals surface area contributed by atoms with Gasteiger partial charge in [0.05, 0.1) is 0 Å². The van der Waals surface area contributed by atoms with Crippen molar-refractivity contribution in [2.45, 2.75) is 19.3 Å². The Kier molecular flexibility index (Phi) is 2.02. The molecule has 1 nitrogen and oxygen atoms in total. The lowest BCUT2D eigenvalue weighted by molar-refractivity contribution is 0.912. The summed E-state index contributed by atoms with van der Waals surface area (Å²) in [5, 5.41) is 0. The Hall–Kier alpha value is -1.63. The molecular weight excluding hydrogens is 182 g/mol. The molecule has 0 saturated carbocycles. The molecule has 0 amide bonds. The van der Waals surface area contributed by atoms with Crippen molar-refractivity contribution < 1.29 is 0 Å². The molecule has 0 bridgehead atoms. The maximum atomic E-state index is 4.04. The molecule has 1 heterocycles. The SMILES string of the molecule is c1cc(-c2ccc3c(c2)CCC3)ccn1. The monoisotopic (exact) mass is 195 g/mol. The number of pyridine rings is 1. The molecule has 0 N–H and O–H groups in total. The maximum absolute atomic E-state index is 4.04. The summed E-state index contributed by atoms with van der Waals surface area (Å²) in [7, 11) is 0. The molecule has 0 unspecified atom stereocenters. The first-order valence-electron chi connectivity index (χ1n) is 5.46. The van der Waals surface area contributed by atoms with Gasteiger partial charge in [-0.25, -0.2) is 0 Å². The highest BCUT2D eigenvalue weighted by Gasteiger charge is 2.10. The number of aromatic nitrogens is 1. The van der Waals surface area contributed by atoms with Gasteiger partial charge in [-0.15, -0.1) is 0 Å². The number of hydrogen-bond acceptors (Lipinski definition) is 1. The summed E-state index contributed by atoms with van der Waals surface area (Å²) < 4.78 is 0. The molecule has 0 atom stereocenters. The van der Waals surface area contributed by atoms with Crippen LogP contribution in [0.4, 0.5) is 0 Å². The van der Waals surface area contributed by atoms with Gasteiger partial charge in [0.2, 0.25) is 0 Å². The number of benzene rings is 1. The third-order valence-corrected chi connectivity index (χ3v) is 3.11. The number of nitrogens with zero attached hydrogens (tertiary/aromatic N) is 1. The molecule has 1 aliphatic carbocycles. The first kappa shape index (κ1) is 8.66. The van der Waals surface area contributed by atoms with Crippen LogP contribution in [0.1, 0.15) is 17.5 Å². The maximum Gasteiger partial charge on any atom is 0.0273 e. The van der Waals surface area contributed by atoms with Crippen LogP contribution < -0.4 is 0 Å². The van der Waals surface area contributed by atoms with Crippen molar-refractivity contribution in [1.82, 2.24) is 4.98 Å². The molecule has 1 aromatic carbocycles. The highest BCUT2D eigenvalue weighted by atomic mass is 14.6. The predicted molar refractivity (Wildman–Crippen MR) is 61.7 cm³/mol. The summed E-state index contributed by atoms with van der Waals surface area (Å²) in [6, 6.07) is 11.0. The first-order chi connectivity index (χ1) is 7.43. The molecule has 1 aliphatic rings. The molecule has 1 heteroatoms. The minimum Gasteiger partial charge on any atom is -0.265 e. The molecular formula is C14H13N. The van der Waals surface area contributed by atoms with E-state index in [2.05, 4.69) is 35.3 Å². The fraction of sp³-hybridized carbons (Fsp3) is 0.214. The van der Waals surface area contributed by atoms with Crippen LogP contribution in [0.25, 0.3) is 11.1 Å². The van der Waals surface area contributed by atoms with Crippen LogP contribution in [0.5, 0.6) is 0 Å². The third-order valence-electron chi connectivity index (χ3n) is 3.11. The second kappa shape index (κ2) is 3.50. The average Bonchev–Trinajstić information content (AvgIpc) is 2.77. The molecule has 1 aromatic heterocycles. The summed E-state index contributed by atoms with van der Waals surface area (Å²) >= 11 is 0. The van der Waals surface area contributed by atoms with Gasteiger partial charge in [-0.2, -0.15) is 0 Å². The quantitative estimate of drug-likeness (QED) is 0.680. The summed E-state index contributed by atoms with van der Waals surface area (Å²) in [6.07, 6.45) is 7.51. The number of rotatable bonds is 1. The topological polar surface area (TPSA) is 12.9 Å². The van der Waals surface area contributed by atoms with Gasteiger partial charge < -0.3 is 0 Å². The Labute approximate surface area is 89.8 Å². The van der Waals surface area contributed by atoms with E-state index in [1.54, 1.807) is 0 Å². The Balaban J connectivity index is 2.07. The zero-order valence-corrected chi connectivity index (χ0v) is 8.61. The van der Waals surface area contributed by atoms with Crippen LogP contribution in [0.3, 0.4) is 0 Å². The summed E-state index contributed by atoms with van der Waals surface area (Å²) in [4.78, 5) is 4.04. The van der Waals surface area contributed by atoms with Gasteiger partial charge in [-0.3, -0.25) is 4.98 Å². The molecule has 0 spiro atoms. The summed E-state index contributed by atoms with van der Waals surface area (Å²) in [6.45, 7) is 0. The second-order valence-electron chi connectivity index (χ2n) is 4.07. The summed E-state index contributed by atoms with van der Waals surface area (Å²) in [5.74, 6) is 0. The summed E-state index contributed by atoms with van der Waals surface area (Å²) in [5.41, 5.74) is 5.65. The van der Waals surface area contributed by atoms with Crippen molar-refractivity contribution >= 4 is 0 Å². The van der Waals surface area contributed by atoms with Crippen molar-refractivity contribution in [3.63, 3.8) is 0 Å². The smallest absolute Gasteiger partial charge is 0.0273 e. The van der Waals surface area contributed by atoms with Crippen LogP contribution in [-0.4, -0.2) is 4.98 Å². The van der Waals surface area contributed by atoms with Gasteiger partial charge in [0.15, 0.2) is 0 Å². The first-order valence-corrected chi connectivity index (χ1v) is 5.46. The predicted octanol–water partition coefficient (Wildman–Crippen LogP) is 3.24. The van der Waals surface area contributed by atoms with E-state index in [9.17, 15) is 0 Å². The highest BCUT2D eigenvalue weighted by Crippen LogP contribution is 2.27. The standard InChI is InChI=1S/C14H13N/c1-2-11-4-5-14(10-13(11)3-1)12-6-8-15-9-7-12/h4-10H,1-3H2. The molecule has 0 fully saturated rings. The Bertz CT molecular complexity index is 474. The minimum absolute atomic E-state index is 1.24. The van der Waals surface area contributed by atoms with Gasteiger partial charge in [-0.1, -0.05) is 18.2 Å². The fourth-order valence-electron chi connectivity index (χ4n) is 2.30. The van der Waals surface area contributed by atoms with Crippen molar-refractivity contribution in [3.8, 4) is 11.1 Å². The molecule has 2 aromatic rings. The van der Waals surface area contributed by atoms with E-state index < -0.39 is 0 Å². The molecule has 0 saturated heterocycles. The van der Waals surface area contributed by atoms with Crippen molar-refractivity contribution in [2.75, 3.05) is 0 Å². The fourth-order valence-corrected chi connectivity index (χ4v) is 2.30. The van der Waals surface area contributed by atoms with Crippen molar-refractivity contribution in [3.05, 3.63) is 53.9 Å². The van der Waals surface area contributed by atoms with E-state index in [0.717, 1.165) is 0 Å². The largest absolute Gasteiger partial charge is 0.265 e. The van der Waals surface area contributed by atoms with E-state index in [1.165, 1.54) is 41.5 Å². The van der Waals surface area contributed by atoms with Gasteiger partial charge in [0.25, 0.3) is 0 Å². The second-order valence-corrected chi connectivity index (χ2v) is 4.07. The van der Waals surface area contributed by atoms with Gasteiger partial charge in [-0.05, 0) is 53.6 Å². The normalized spacial score (nSPS) is 13.9. The number of aryl methyl sites for hydroxylation is 2. The van der Waals surface area contributed by atoms with E-state index >= 15 is 0 Å². The van der Waals surface area contributed by atoms with E-state index in [-0.39, 0.29) is 0 Å². The van der Waals surface area contributed by atoms with Crippen molar-refractivity contribution in [2.24, 2.45) is 0 Å². The van der Waals surface area contributed by atoms with Crippen LogP contribution in [0.15, 0.2) is 42.7 Å².